The fraction of sp³-hybridized carbons (Fsp3) is 0.345. The van der Waals surface area contributed by atoms with Crippen molar-refractivity contribution in [3.8, 4) is 0 Å². The van der Waals surface area contributed by atoms with E-state index in [0.29, 0.717) is 0 Å². The third kappa shape index (κ3) is 1.98. The zero-order chi connectivity index (χ0) is 21.7. The average Bonchev–Trinajstić information content (AvgIpc) is 3.12. The van der Waals surface area contributed by atoms with Gasteiger partial charge in [0.25, 0.3) is 5.65 Å². The van der Waals surface area contributed by atoms with Gasteiger partial charge in [0.05, 0.1) is 5.39 Å². The monoisotopic (exact) mass is 407 g/mol. The van der Waals surface area contributed by atoms with Gasteiger partial charge in [-0.2, -0.15) is 4.40 Å². The molecule has 5 aromatic rings. The van der Waals surface area contributed by atoms with E-state index in [1.807, 2.05) is 0 Å². The summed E-state index contributed by atoms with van der Waals surface area (Å²) >= 11 is 0. The normalized spacial score (nSPS) is 23.0. The van der Waals surface area contributed by atoms with Crippen molar-refractivity contribution in [3.63, 3.8) is 0 Å². The molecule has 2 aromatic heterocycles. The molecule has 0 aliphatic carbocycles. The second-order valence-electron chi connectivity index (χ2n) is 10.00. The average molecular weight is 408 g/mol. The molecule has 0 saturated carbocycles. The molecular weight excluding hydrogens is 376 g/mol. The molecule has 0 spiro atoms. The molecule has 2 unspecified atom stereocenters. The Morgan fingerprint density at radius 1 is 0.871 bits per heavy atom. The van der Waals surface area contributed by atoms with Crippen molar-refractivity contribution in [2.45, 2.75) is 65.3 Å². The summed E-state index contributed by atoms with van der Waals surface area (Å²) in [6.45, 7) is 14.2. The molecule has 2 heteroatoms. The third-order valence-corrected chi connectivity index (χ3v) is 8.75. The van der Waals surface area contributed by atoms with Crippen LogP contribution in [0, 0.1) is 13.8 Å². The molecule has 1 aliphatic rings. The first-order chi connectivity index (χ1) is 14.9. The lowest BCUT2D eigenvalue weighted by Crippen LogP contribution is -2.66. The Labute approximate surface area is 184 Å². The van der Waals surface area contributed by atoms with Gasteiger partial charge in [0, 0.05) is 16.2 Å². The van der Waals surface area contributed by atoms with Crippen LogP contribution in [0.2, 0.25) is 0 Å². The second-order valence-corrected chi connectivity index (χ2v) is 10.00. The number of nitrogens with zero attached hydrogens (tertiary/aromatic N) is 2. The summed E-state index contributed by atoms with van der Waals surface area (Å²) < 4.78 is 5.27. The zero-order valence-corrected chi connectivity index (χ0v) is 19.5. The number of hydrogen-bond donors (Lipinski definition) is 0. The van der Waals surface area contributed by atoms with Crippen molar-refractivity contribution in [3.05, 3.63) is 71.3 Å². The minimum Gasteiger partial charge on any atom is -0.216 e. The molecule has 0 fully saturated rings. The SMILES string of the molecule is CCC1(C)c2cccc3c4cccc(C)c4n4c5cc(C)ccc5[n+](c4c23)C1(C)CC. The third-order valence-electron chi connectivity index (χ3n) is 8.75. The molecule has 0 saturated heterocycles. The molecule has 3 heterocycles. The number of pyridine rings is 1. The summed E-state index contributed by atoms with van der Waals surface area (Å²) in [6, 6.07) is 20.8. The van der Waals surface area contributed by atoms with Gasteiger partial charge >= 0.3 is 0 Å². The predicted octanol–water partition coefficient (Wildman–Crippen LogP) is 7.11. The van der Waals surface area contributed by atoms with Crippen LogP contribution in [-0.2, 0) is 11.0 Å². The van der Waals surface area contributed by atoms with E-state index in [0.717, 1.165) is 12.8 Å². The standard InChI is InChI=1S/C29H31N2/c1-7-28(5)22-14-10-12-20-21-13-9-11-19(4)26(21)30-24-17-18(3)15-16-23(24)31(27(30)25(20)22)29(28,6)8-2/h9-17H,7-8H2,1-6H3/q+1. The highest BCUT2D eigenvalue weighted by Gasteiger charge is 2.54. The highest BCUT2D eigenvalue weighted by atomic mass is 15.2. The maximum atomic E-state index is 2.70. The first-order valence-corrected chi connectivity index (χ1v) is 11.7. The summed E-state index contributed by atoms with van der Waals surface area (Å²) in [5.74, 6) is 0. The van der Waals surface area contributed by atoms with E-state index in [1.54, 1.807) is 0 Å². The van der Waals surface area contributed by atoms with Crippen molar-refractivity contribution in [1.82, 2.24) is 4.40 Å². The van der Waals surface area contributed by atoms with E-state index in [1.165, 1.54) is 55.0 Å². The summed E-state index contributed by atoms with van der Waals surface area (Å²) in [5.41, 5.74) is 9.56. The number of hydrogen-bond acceptors (Lipinski definition) is 0. The van der Waals surface area contributed by atoms with Crippen LogP contribution in [0.4, 0.5) is 0 Å². The van der Waals surface area contributed by atoms with Crippen molar-refractivity contribution >= 4 is 38.4 Å². The molecule has 0 N–H and O–H groups in total. The first-order valence-electron chi connectivity index (χ1n) is 11.7. The molecule has 1 aliphatic heterocycles. The molecular formula is C29H31N2+. The van der Waals surface area contributed by atoms with Crippen LogP contribution in [0.1, 0.15) is 57.2 Å². The molecule has 6 rings (SSSR count). The number of benzene rings is 3. The van der Waals surface area contributed by atoms with Gasteiger partial charge in [-0.1, -0.05) is 63.2 Å². The minimum absolute atomic E-state index is 0.0122. The van der Waals surface area contributed by atoms with Gasteiger partial charge in [-0.05, 0) is 62.4 Å². The zero-order valence-electron chi connectivity index (χ0n) is 19.5. The lowest BCUT2D eigenvalue weighted by molar-refractivity contribution is -0.728. The van der Waals surface area contributed by atoms with Crippen LogP contribution < -0.4 is 4.57 Å². The number of imidazole rings is 1. The maximum Gasteiger partial charge on any atom is 0.296 e. The van der Waals surface area contributed by atoms with Crippen molar-refractivity contribution < 1.29 is 4.57 Å². The van der Waals surface area contributed by atoms with E-state index >= 15 is 0 Å². The molecule has 31 heavy (non-hydrogen) atoms. The van der Waals surface area contributed by atoms with Crippen LogP contribution in [0.3, 0.4) is 0 Å². The Morgan fingerprint density at radius 2 is 1.61 bits per heavy atom. The van der Waals surface area contributed by atoms with Gasteiger partial charge in [-0.3, -0.25) is 0 Å². The Kier molecular flexibility index (Phi) is 3.58. The van der Waals surface area contributed by atoms with Crippen LogP contribution >= 0.6 is 0 Å². The second kappa shape index (κ2) is 5.88. The molecule has 2 nitrogen and oxygen atoms in total. The van der Waals surface area contributed by atoms with Crippen LogP contribution in [-0.4, -0.2) is 4.40 Å². The topological polar surface area (TPSA) is 8.29 Å². The fourth-order valence-electron chi connectivity index (χ4n) is 6.59. The number of rotatable bonds is 2. The number of aryl methyl sites for hydroxylation is 2. The fourth-order valence-corrected chi connectivity index (χ4v) is 6.59. The Bertz CT molecular complexity index is 1550. The lowest BCUT2D eigenvalue weighted by Gasteiger charge is -2.46. The van der Waals surface area contributed by atoms with E-state index in [2.05, 4.69) is 105 Å². The Hall–Kier alpha value is -2.87. The number of aromatic nitrogens is 2. The van der Waals surface area contributed by atoms with E-state index < -0.39 is 0 Å². The van der Waals surface area contributed by atoms with Gasteiger partial charge in [-0.25, -0.2) is 4.57 Å². The van der Waals surface area contributed by atoms with Crippen molar-refractivity contribution in [2.75, 3.05) is 0 Å². The predicted molar refractivity (Wildman–Crippen MR) is 131 cm³/mol. The van der Waals surface area contributed by atoms with Gasteiger partial charge in [0.1, 0.15) is 11.1 Å². The van der Waals surface area contributed by atoms with E-state index in [9.17, 15) is 0 Å². The highest BCUT2D eigenvalue weighted by Crippen LogP contribution is 2.51. The highest BCUT2D eigenvalue weighted by molar-refractivity contribution is 6.15. The molecule has 2 atom stereocenters. The molecule has 156 valence electrons. The van der Waals surface area contributed by atoms with Crippen molar-refractivity contribution in [2.24, 2.45) is 0 Å². The first kappa shape index (κ1) is 18.9. The molecule has 0 radical (unpaired) electrons. The summed E-state index contributed by atoms with van der Waals surface area (Å²) in [7, 11) is 0. The number of fused-ring (bicyclic) bond motifs is 6. The largest absolute Gasteiger partial charge is 0.296 e. The Morgan fingerprint density at radius 3 is 2.35 bits per heavy atom. The van der Waals surface area contributed by atoms with Gasteiger partial charge in [0.2, 0.25) is 0 Å². The molecule has 3 aromatic carbocycles. The van der Waals surface area contributed by atoms with Crippen LogP contribution in [0.5, 0.6) is 0 Å². The van der Waals surface area contributed by atoms with Crippen LogP contribution in [0.15, 0.2) is 54.6 Å². The van der Waals surface area contributed by atoms with Gasteiger partial charge in [-0.15, -0.1) is 0 Å². The lowest BCUT2D eigenvalue weighted by atomic mass is 9.61. The van der Waals surface area contributed by atoms with Gasteiger partial charge < -0.3 is 0 Å². The smallest absolute Gasteiger partial charge is 0.216 e. The van der Waals surface area contributed by atoms with E-state index in [4.69, 9.17) is 0 Å². The summed E-state index contributed by atoms with van der Waals surface area (Å²) in [5, 5.41) is 4.17. The molecule has 0 amide bonds. The molecule has 0 bridgehead atoms. The van der Waals surface area contributed by atoms with Gasteiger partial charge in [0.15, 0.2) is 11.0 Å². The van der Waals surface area contributed by atoms with Crippen molar-refractivity contribution in [1.29, 1.82) is 0 Å². The summed E-state index contributed by atoms with van der Waals surface area (Å²) in [4.78, 5) is 0. The maximum absolute atomic E-state index is 2.70. The quantitative estimate of drug-likeness (QED) is 0.218. The number of para-hydroxylation sites is 1. The van der Waals surface area contributed by atoms with Crippen LogP contribution in [0.25, 0.3) is 38.4 Å². The minimum atomic E-state index is -0.0122. The van der Waals surface area contributed by atoms with E-state index in [-0.39, 0.29) is 11.0 Å². The Balaban J connectivity index is 2.09. The summed E-state index contributed by atoms with van der Waals surface area (Å²) in [6.07, 6.45) is 2.20.